The van der Waals surface area contributed by atoms with E-state index in [9.17, 15) is 18.0 Å². The molecule has 0 saturated heterocycles. The molecule has 0 saturated carbocycles. The molecule has 0 aromatic carbocycles. The van der Waals surface area contributed by atoms with E-state index in [1.165, 1.54) is 17.1 Å². The molecule has 16 heavy (non-hydrogen) atoms. The summed E-state index contributed by atoms with van der Waals surface area (Å²) >= 11 is 0. The number of hydrogen-bond acceptors (Lipinski definition) is 3. The lowest BCUT2D eigenvalue weighted by Gasteiger charge is -2.14. The molecule has 1 amide bonds. The Balaban J connectivity index is 2.48. The third-order valence-corrected chi connectivity index (χ3v) is 1.77. The summed E-state index contributed by atoms with van der Waals surface area (Å²) < 4.78 is 37.1. The monoisotopic (exact) mass is 237 g/mol. The Morgan fingerprint density at radius 1 is 1.69 bits per heavy atom. The summed E-state index contributed by atoms with van der Waals surface area (Å²) in [6.07, 6.45) is -4.61. The highest BCUT2D eigenvalue weighted by molar-refractivity contribution is 5.91. The predicted molar refractivity (Wildman–Crippen MR) is 47.6 cm³/mol. The predicted octanol–water partition coefficient (Wildman–Crippen LogP) is 0.0731. The van der Waals surface area contributed by atoms with Crippen molar-refractivity contribution in [1.29, 1.82) is 0 Å². The van der Waals surface area contributed by atoms with Crippen molar-refractivity contribution in [3.63, 3.8) is 0 Å². The maximum atomic E-state index is 11.9. The third-order valence-electron chi connectivity index (χ3n) is 1.77. The zero-order valence-electron chi connectivity index (χ0n) is 8.32. The van der Waals surface area contributed by atoms with Gasteiger partial charge in [0.05, 0.1) is 12.9 Å². The fourth-order valence-electron chi connectivity index (χ4n) is 0.926. The fraction of sp³-hybridized carbons (Fsp3) is 0.500. The van der Waals surface area contributed by atoms with Gasteiger partial charge in [-0.1, -0.05) is 0 Å². The number of aryl methyl sites for hydroxylation is 1. The number of aliphatic hydroxyl groups is 1. The Morgan fingerprint density at radius 3 is 2.75 bits per heavy atom. The van der Waals surface area contributed by atoms with Crippen molar-refractivity contribution in [1.82, 2.24) is 14.9 Å². The SMILES string of the molecule is Cn1cnc(C(=O)NCC(O)C(F)(F)F)c1. The van der Waals surface area contributed by atoms with Gasteiger partial charge < -0.3 is 15.0 Å². The summed E-state index contributed by atoms with van der Waals surface area (Å²) in [7, 11) is 1.62. The van der Waals surface area contributed by atoms with E-state index in [1.54, 1.807) is 7.05 Å². The molecule has 5 nitrogen and oxygen atoms in total. The van der Waals surface area contributed by atoms with Gasteiger partial charge in [-0.15, -0.1) is 0 Å². The van der Waals surface area contributed by atoms with Crippen LogP contribution in [0, 0.1) is 0 Å². The second-order valence-electron chi connectivity index (χ2n) is 3.19. The molecule has 1 rings (SSSR count). The van der Waals surface area contributed by atoms with Crippen molar-refractivity contribution in [3.05, 3.63) is 18.2 Å². The normalized spacial score (nSPS) is 13.6. The summed E-state index contributed by atoms with van der Waals surface area (Å²) in [5.74, 6) is -0.760. The van der Waals surface area contributed by atoms with Crippen molar-refractivity contribution in [2.45, 2.75) is 12.3 Å². The number of rotatable bonds is 3. The summed E-state index contributed by atoms with van der Waals surface area (Å²) in [6.45, 7) is -0.890. The highest BCUT2D eigenvalue weighted by atomic mass is 19.4. The molecule has 1 heterocycles. The number of carbonyl (C=O) groups excluding carboxylic acids is 1. The van der Waals surface area contributed by atoms with E-state index < -0.39 is 24.7 Å². The minimum absolute atomic E-state index is 0.00289. The average molecular weight is 237 g/mol. The van der Waals surface area contributed by atoms with Gasteiger partial charge in [-0.2, -0.15) is 13.2 Å². The molecule has 1 unspecified atom stereocenters. The van der Waals surface area contributed by atoms with E-state index >= 15 is 0 Å². The van der Waals surface area contributed by atoms with Crippen LogP contribution in [0.4, 0.5) is 13.2 Å². The molecule has 1 aromatic rings. The van der Waals surface area contributed by atoms with Gasteiger partial charge in [-0.25, -0.2) is 4.98 Å². The van der Waals surface area contributed by atoms with Crippen LogP contribution in [0.3, 0.4) is 0 Å². The molecule has 0 aliphatic carbocycles. The van der Waals surface area contributed by atoms with Gasteiger partial charge in [0, 0.05) is 13.2 Å². The first-order chi connectivity index (χ1) is 7.30. The number of nitrogens with zero attached hydrogens (tertiary/aromatic N) is 2. The molecular weight excluding hydrogens is 227 g/mol. The topological polar surface area (TPSA) is 67.2 Å². The van der Waals surface area contributed by atoms with Crippen LogP contribution in [-0.2, 0) is 7.05 Å². The van der Waals surface area contributed by atoms with E-state index in [2.05, 4.69) is 4.98 Å². The number of amides is 1. The fourth-order valence-corrected chi connectivity index (χ4v) is 0.926. The van der Waals surface area contributed by atoms with Crippen LogP contribution in [0.1, 0.15) is 10.5 Å². The first-order valence-electron chi connectivity index (χ1n) is 4.31. The second-order valence-corrected chi connectivity index (χ2v) is 3.19. The van der Waals surface area contributed by atoms with Crippen LogP contribution in [-0.4, -0.2) is 39.4 Å². The number of aromatic nitrogens is 2. The Kier molecular flexibility index (Phi) is 3.53. The van der Waals surface area contributed by atoms with Gasteiger partial charge in [0.2, 0.25) is 0 Å². The van der Waals surface area contributed by atoms with E-state index in [1.807, 2.05) is 5.32 Å². The standard InChI is InChI=1S/C8H10F3N3O2/c1-14-3-5(13-4-14)7(16)12-2-6(15)8(9,10)11/h3-4,6,15H,2H2,1H3,(H,12,16). The average Bonchev–Trinajstić information content (AvgIpc) is 2.59. The molecule has 1 aromatic heterocycles. The molecule has 2 N–H and O–H groups in total. The lowest BCUT2D eigenvalue weighted by molar-refractivity contribution is -0.201. The molecule has 8 heteroatoms. The van der Waals surface area contributed by atoms with Gasteiger partial charge in [0.25, 0.3) is 5.91 Å². The van der Waals surface area contributed by atoms with Crippen LogP contribution in [0.5, 0.6) is 0 Å². The van der Waals surface area contributed by atoms with Gasteiger partial charge in [0.15, 0.2) is 6.10 Å². The number of aliphatic hydroxyl groups excluding tert-OH is 1. The lowest BCUT2D eigenvalue weighted by Crippen LogP contribution is -2.40. The molecule has 0 fully saturated rings. The third kappa shape index (κ3) is 3.23. The second kappa shape index (κ2) is 4.52. The minimum atomic E-state index is -4.74. The number of nitrogens with one attached hydrogen (secondary N) is 1. The van der Waals surface area contributed by atoms with Gasteiger partial charge in [0.1, 0.15) is 5.69 Å². The molecule has 0 aliphatic rings. The molecule has 1 atom stereocenters. The Labute approximate surface area is 88.9 Å². The van der Waals surface area contributed by atoms with Crippen molar-refractivity contribution >= 4 is 5.91 Å². The first kappa shape index (κ1) is 12.5. The number of alkyl halides is 3. The zero-order valence-corrected chi connectivity index (χ0v) is 8.32. The highest BCUT2D eigenvalue weighted by Gasteiger charge is 2.38. The highest BCUT2D eigenvalue weighted by Crippen LogP contribution is 2.19. The summed E-state index contributed by atoms with van der Waals surface area (Å²) in [4.78, 5) is 14.9. The Morgan fingerprint density at radius 2 is 2.31 bits per heavy atom. The lowest BCUT2D eigenvalue weighted by atomic mass is 10.3. The number of carbonyl (C=O) groups is 1. The Bertz CT molecular complexity index is 375. The van der Waals surface area contributed by atoms with Crippen molar-refractivity contribution in [2.24, 2.45) is 7.05 Å². The molecule has 0 radical (unpaired) electrons. The molecular formula is C8H10F3N3O2. The van der Waals surface area contributed by atoms with Crippen LogP contribution < -0.4 is 5.32 Å². The minimum Gasteiger partial charge on any atom is -0.382 e. The molecule has 90 valence electrons. The van der Waals surface area contributed by atoms with E-state index in [4.69, 9.17) is 5.11 Å². The van der Waals surface area contributed by atoms with Gasteiger partial charge in [-0.3, -0.25) is 4.79 Å². The van der Waals surface area contributed by atoms with Crippen LogP contribution in [0.25, 0.3) is 0 Å². The summed E-state index contributed by atoms with van der Waals surface area (Å²) in [5, 5.41) is 10.6. The van der Waals surface area contributed by atoms with Crippen LogP contribution in [0.2, 0.25) is 0 Å². The molecule has 0 spiro atoms. The van der Waals surface area contributed by atoms with Crippen molar-refractivity contribution < 1.29 is 23.1 Å². The summed E-state index contributed by atoms with van der Waals surface area (Å²) in [6, 6.07) is 0. The maximum absolute atomic E-state index is 11.9. The zero-order chi connectivity index (χ0) is 12.3. The van der Waals surface area contributed by atoms with Crippen molar-refractivity contribution in [2.75, 3.05) is 6.54 Å². The maximum Gasteiger partial charge on any atom is 0.416 e. The molecule has 0 bridgehead atoms. The van der Waals surface area contributed by atoms with E-state index in [-0.39, 0.29) is 5.69 Å². The smallest absolute Gasteiger partial charge is 0.382 e. The van der Waals surface area contributed by atoms with Crippen LogP contribution >= 0.6 is 0 Å². The number of hydrogen-bond donors (Lipinski definition) is 2. The first-order valence-corrected chi connectivity index (χ1v) is 4.31. The summed E-state index contributed by atoms with van der Waals surface area (Å²) in [5.41, 5.74) is -0.00289. The molecule has 0 aliphatic heterocycles. The van der Waals surface area contributed by atoms with E-state index in [0.29, 0.717) is 0 Å². The number of imidazole rings is 1. The Hall–Kier alpha value is -1.57. The van der Waals surface area contributed by atoms with Crippen molar-refractivity contribution in [3.8, 4) is 0 Å². The van der Waals surface area contributed by atoms with E-state index in [0.717, 1.165) is 0 Å². The van der Waals surface area contributed by atoms with Gasteiger partial charge >= 0.3 is 6.18 Å². The quantitative estimate of drug-likeness (QED) is 0.782. The van der Waals surface area contributed by atoms with Crippen LogP contribution in [0.15, 0.2) is 12.5 Å². The largest absolute Gasteiger partial charge is 0.416 e. The number of halogens is 3. The van der Waals surface area contributed by atoms with Gasteiger partial charge in [-0.05, 0) is 0 Å².